The predicted octanol–water partition coefficient (Wildman–Crippen LogP) is 2.32. The minimum atomic E-state index is -0.864. The first-order valence-corrected chi connectivity index (χ1v) is 6.72. The second-order valence-corrected chi connectivity index (χ2v) is 4.88. The van der Waals surface area contributed by atoms with Crippen molar-refractivity contribution in [3.8, 4) is 5.69 Å². The fraction of sp³-hybridized carbons (Fsp3) is 0.133. The van der Waals surface area contributed by atoms with E-state index >= 15 is 0 Å². The fourth-order valence-corrected chi connectivity index (χ4v) is 2.22. The summed E-state index contributed by atoms with van der Waals surface area (Å²) in [5.74, 6) is 0. The summed E-state index contributed by atoms with van der Waals surface area (Å²) in [7, 11) is 0. The molecule has 0 spiro atoms. The molecule has 0 saturated heterocycles. The molecule has 0 bridgehead atoms. The lowest BCUT2D eigenvalue weighted by molar-refractivity contribution is -0.385. The average Bonchev–Trinajstić information content (AvgIpc) is 3.18. The number of nitrogens with zero attached hydrogens (tertiary/aromatic N) is 4. The fourth-order valence-electron chi connectivity index (χ4n) is 2.22. The van der Waals surface area contributed by atoms with E-state index in [1.807, 2.05) is 29.1 Å². The zero-order valence-electron chi connectivity index (χ0n) is 11.6. The predicted molar refractivity (Wildman–Crippen MR) is 79.6 cm³/mol. The van der Waals surface area contributed by atoms with Gasteiger partial charge in [0, 0.05) is 30.7 Å². The molecule has 3 aromatic rings. The summed E-state index contributed by atoms with van der Waals surface area (Å²) in [6, 6.07) is 9.82. The maximum Gasteiger partial charge on any atom is 0.269 e. The standard InChI is InChI=1S/C15H14N4O3/c20-15(12-4-3-5-13(8-12)19(21)22)11-18-10-14(9-16-18)17-6-1-2-7-17/h1-10,15,20H,11H2/t15-/m1/s1. The maximum absolute atomic E-state index is 10.8. The molecule has 7 nitrogen and oxygen atoms in total. The number of aliphatic hydroxyl groups excluding tert-OH is 1. The van der Waals surface area contributed by atoms with Gasteiger partial charge in [-0.05, 0) is 17.7 Å². The van der Waals surface area contributed by atoms with Crippen molar-refractivity contribution in [3.63, 3.8) is 0 Å². The molecule has 2 heterocycles. The third-order valence-corrected chi connectivity index (χ3v) is 3.35. The van der Waals surface area contributed by atoms with E-state index in [0.717, 1.165) is 5.69 Å². The minimum absolute atomic E-state index is 0.0370. The first kappa shape index (κ1) is 14.0. The second kappa shape index (κ2) is 5.82. The Kier molecular flexibility index (Phi) is 3.71. The van der Waals surface area contributed by atoms with Crippen molar-refractivity contribution >= 4 is 5.69 Å². The number of hydrogen-bond donors (Lipinski definition) is 1. The van der Waals surface area contributed by atoms with Crippen molar-refractivity contribution in [1.82, 2.24) is 14.3 Å². The Balaban J connectivity index is 1.75. The van der Waals surface area contributed by atoms with Crippen LogP contribution >= 0.6 is 0 Å². The first-order chi connectivity index (χ1) is 10.6. The highest BCUT2D eigenvalue weighted by Gasteiger charge is 2.13. The highest BCUT2D eigenvalue weighted by atomic mass is 16.6. The minimum Gasteiger partial charge on any atom is -0.386 e. The molecule has 112 valence electrons. The Hall–Kier alpha value is -2.93. The van der Waals surface area contributed by atoms with E-state index in [2.05, 4.69) is 5.10 Å². The average molecular weight is 298 g/mol. The van der Waals surface area contributed by atoms with Crippen molar-refractivity contribution in [2.75, 3.05) is 0 Å². The van der Waals surface area contributed by atoms with Crippen LogP contribution in [0, 0.1) is 10.1 Å². The topological polar surface area (TPSA) is 86.1 Å². The molecule has 22 heavy (non-hydrogen) atoms. The van der Waals surface area contributed by atoms with Gasteiger partial charge in [0.1, 0.15) is 0 Å². The van der Waals surface area contributed by atoms with Gasteiger partial charge in [-0.1, -0.05) is 12.1 Å². The van der Waals surface area contributed by atoms with E-state index in [9.17, 15) is 15.2 Å². The van der Waals surface area contributed by atoms with Crippen LogP contribution in [0.5, 0.6) is 0 Å². The lowest BCUT2D eigenvalue weighted by atomic mass is 10.1. The van der Waals surface area contributed by atoms with Crippen molar-refractivity contribution in [2.45, 2.75) is 12.6 Å². The van der Waals surface area contributed by atoms with Gasteiger partial charge in [-0.25, -0.2) is 0 Å². The number of non-ortho nitro benzene ring substituents is 1. The first-order valence-electron chi connectivity index (χ1n) is 6.72. The molecule has 0 saturated carbocycles. The van der Waals surface area contributed by atoms with Gasteiger partial charge in [0.2, 0.25) is 0 Å². The molecule has 1 aromatic carbocycles. The molecule has 0 fully saturated rings. The number of rotatable bonds is 5. The largest absolute Gasteiger partial charge is 0.386 e. The SMILES string of the molecule is O=[N+]([O-])c1cccc([C@H](O)Cn2cc(-n3cccc3)cn2)c1. The van der Waals surface area contributed by atoms with Gasteiger partial charge in [0.25, 0.3) is 5.69 Å². The maximum atomic E-state index is 10.8. The van der Waals surface area contributed by atoms with Crippen molar-refractivity contribution < 1.29 is 10.0 Å². The molecule has 0 aliphatic carbocycles. The molecule has 1 atom stereocenters. The van der Waals surface area contributed by atoms with E-state index in [1.54, 1.807) is 29.2 Å². The van der Waals surface area contributed by atoms with Crippen molar-refractivity contribution in [3.05, 3.63) is 76.9 Å². The van der Waals surface area contributed by atoms with E-state index in [4.69, 9.17) is 0 Å². The van der Waals surface area contributed by atoms with Gasteiger partial charge in [-0.15, -0.1) is 0 Å². The Morgan fingerprint density at radius 1 is 1.27 bits per heavy atom. The third kappa shape index (κ3) is 2.89. The molecule has 2 aromatic heterocycles. The Morgan fingerprint density at radius 2 is 2.05 bits per heavy atom. The molecule has 0 aliphatic heterocycles. The normalized spacial score (nSPS) is 12.2. The number of benzene rings is 1. The number of hydrogen-bond acceptors (Lipinski definition) is 4. The van der Waals surface area contributed by atoms with Gasteiger partial charge >= 0.3 is 0 Å². The third-order valence-electron chi connectivity index (χ3n) is 3.35. The summed E-state index contributed by atoms with van der Waals surface area (Å²) in [5.41, 5.74) is 1.34. The van der Waals surface area contributed by atoms with Crippen LogP contribution in [0.2, 0.25) is 0 Å². The molecular weight excluding hydrogens is 284 g/mol. The van der Waals surface area contributed by atoms with Gasteiger partial charge in [-0.3, -0.25) is 14.8 Å². The lowest BCUT2D eigenvalue weighted by Crippen LogP contribution is -2.09. The van der Waals surface area contributed by atoms with E-state index in [-0.39, 0.29) is 12.2 Å². The van der Waals surface area contributed by atoms with Gasteiger partial charge in [-0.2, -0.15) is 5.10 Å². The van der Waals surface area contributed by atoms with Crippen LogP contribution in [0.4, 0.5) is 5.69 Å². The van der Waals surface area contributed by atoms with Crippen LogP contribution in [0.1, 0.15) is 11.7 Å². The summed E-state index contributed by atoms with van der Waals surface area (Å²) in [6.45, 7) is 0.225. The zero-order valence-corrected chi connectivity index (χ0v) is 11.6. The smallest absolute Gasteiger partial charge is 0.269 e. The molecule has 3 rings (SSSR count). The summed E-state index contributed by atoms with van der Waals surface area (Å²) < 4.78 is 3.52. The Bertz CT molecular complexity index is 780. The number of aliphatic hydroxyl groups is 1. The van der Waals surface area contributed by atoms with Gasteiger partial charge in [0.15, 0.2) is 0 Å². The van der Waals surface area contributed by atoms with Crippen LogP contribution in [0.15, 0.2) is 61.2 Å². The summed E-state index contributed by atoms with van der Waals surface area (Å²) in [6.07, 6.45) is 6.44. The van der Waals surface area contributed by atoms with Crippen molar-refractivity contribution in [2.24, 2.45) is 0 Å². The molecule has 1 N–H and O–H groups in total. The van der Waals surface area contributed by atoms with E-state index < -0.39 is 11.0 Å². The molecule has 0 radical (unpaired) electrons. The second-order valence-electron chi connectivity index (χ2n) is 4.88. The monoisotopic (exact) mass is 298 g/mol. The highest BCUT2D eigenvalue weighted by Crippen LogP contribution is 2.20. The van der Waals surface area contributed by atoms with Crippen LogP contribution in [-0.2, 0) is 6.54 Å². The van der Waals surface area contributed by atoms with Crippen LogP contribution in [0.3, 0.4) is 0 Å². The summed E-state index contributed by atoms with van der Waals surface area (Å²) >= 11 is 0. The summed E-state index contributed by atoms with van der Waals surface area (Å²) in [5, 5.41) is 25.2. The number of aromatic nitrogens is 3. The Morgan fingerprint density at radius 3 is 2.77 bits per heavy atom. The van der Waals surface area contributed by atoms with E-state index in [1.165, 1.54) is 12.1 Å². The quantitative estimate of drug-likeness (QED) is 0.578. The Labute approximate surface area is 126 Å². The summed E-state index contributed by atoms with van der Waals surface area (Å²) in [4.78, 5) is 10.3. The molecular formula is C15H14N4O3. The van der Waals surface area contributed by atoms with Gasteiger partial charge in [0.05, 0.1) is 29.5 Å². The number of nitro groups is 1. The van der Waals surface area contributed by atoms with Crippen LogP contribution in [0.25, 0.3) is 5.69 Å². The molecule has 0 aliphatic rings. The molecule has 0 unspecified atom stereocenters. The molecule has 0 amide bonds. The van der Waals surface area contributed by atoms with Crippen molar-refractivity contribution in [1.29, 1.82) is 0 Å². The van der Waals surface area contributed by atoms with Crippen LogP contribution in [-0.4, -0.2) is 24.4 Å². The highest BCUT2D eigenvalue weighted by molar-refractivity contribution is 5.35. The zero-order chi connectivity index (χ0) is 15.5. The lowest BCUT2D eigenvalue weighted by Gasteiger charge is -2.10. The number of nitro benzene ring substituents is 1. The molecule has 7 heteroatoms. The van der Waals surface area contributed by atoms with Gasteiger partial charge < -0.3 is 9.67 Å². The van der Waals surface area contributed by atoms with E-state index in [0.29, 0.717) is 5.56 Å². The van der Waals surface area contributed by atoms with Crippen LogP contribution < -0.4 is 0 Å².